The maximum atomic E-state index is 13.2. The lowest BCUT2D eigenvalue weighted by atomic mass is 10.2. The van der Waals surface area contributed by atoms with E-state index in [2.05, 4.69) is 11.9 Å². The van der Waals surface area contributed by atoms with Gasteiger partial charge in [0.15, 0.2) is 0 Å². The van der Waals surface area contributed by atoms with Gasteiger partial charge in [-0.05, 0) is 30.5 Å². The molecule has 0 saturated heterocycles. The lowest BCUT2D eigenvalue weighted by molar-refractivity contribution is 0.276. The second-order valence-electron chi connectivity index (χ2n) is 4.22. The van der Waals surface area contributed by atoms with Gasteiger partial charge in [0.25, 0.3) is 0 Å². The van der Waals surface area contributed by atoms with Crippen molar-refractivity contribution in [1.29, 1.82) is 0 Å². The van der Waals surface area contributed by atoms with Crippen LogP contribution in [0.2, 0.25) is 0 Å². The second-order valence-corrected chi connectivity index (χ2v) is 5.17. The minimum atomic E-state index is -0.411. The fourth-order valence-corrected chi connectivity index (χ4v) is 2.58. The van der Waals surface area contributed by atoms with Gasteiger partial charge in [0.2, 0.25) is 0 Å². The van der Waals surface area contributed by atoms with E-state index in [0.29, 0.717) is 17.9 Å². The van der Waals surface area contributed by atoms with E-state index in [1.54, 1.807) is 17.4 Å². The normalized spacial score (nSPS) is 10.7. The van der Waals surface area contributed by atoms with Crippen LogP contribution in [-0.2, 0) is 19.6 Å². The predicted molar refractivity (Wildman–Crippen MR) is 72.8 cm³/mol. The Hall–Kier alpha value is -1.46. The molecule has 2 aromatic rings. The third-order valence-corrected chi connectivity index (χ3v) is 3.52. The van der Waals surface area contributed by atoms with Crippen molar-refractivity contribution in [2.45, 2.75) is 33.0 Å². The first-order valence-electron chi connectivity index (χ1n) is 6.17. The Bertz CT molecular complexity index is 542. The molecular weight excluding hydrogens is 265 g/mol. The molecule has 0 aliphatic heterocycles. The van der Waals surface area contributed by atoms with E-state index < -0.39 is 5.82 Å². The molecule has 2 rings (SSSR count). The maximum absolute atomic E-state index is 13.2. The van der Waals surface area contributed by atoms with Gasteiger partial charge in [0.05, 0.1) is 17.3 Å². The molecule has 0 fully saturated rings. The molecule has 19 heavy (non-hydrogen) atoms. The van der Waals surface area contributed by atoms with Crippen LogP contribution in [0, 0.1) is 5.82 Å². The third-order valence-electron chi connectivity index (χ3n) is 2.56. The Balaban J connectivity index is 1.99. The van der Waals surface area contributed by atoms with Crippen molar-refractivity contribution < 1.29 is 14.2 Å². The number of halogens is 1. The monoisotopic (exact) mass is 281 g/mol. The van der Waals surface area contributed by atoms with Crippen molar-refractivity contribution in [3.63, 3.8) is 0 Å². The number of aliphatic hydroxyl groups excluding tert-OH is 1. The molecule has 0 atom stereocenters. The van der Waals surface area contributed by atoms with Gasteiger partial charge >= 0.3 is 0 Å². The Kier molecular flexibility index (Phi) is 4.87. The van der Waals surface area contributed by atoms with Crippen LogP contribution >= 0.6 is 11.3 Å². The quantitative estimate of drug-likeness (QED) is 0.883. The van der Waals surface area contributed by atoms with Crippen LogP contribution in [0.15, 0.2) is 23.6 Å². The number of aliphatic hydroxyl groups is 1. The minimum Gasteiger partial charge on any atom is -0.487 e. The number of thiazole rings is 1. The molecule has 0 aliphatic carbocycles. The molecule has 1 N–H and O–H groups in total. The smallest absolute Gasteiger partial charge is 0.131 e. The van der Waals surface area contributed by atoms with Crippen LogP contribution in [0.25, 0.3) is 0 Å². The zero-order valence-corrected chi connectivity index (χ0v) is 11.5. The number of aryl methyl sites for hydroxylation is 1. The average Bonchev–Trinajstić information content (AvgIpc) is 2.84. The Morgan fingerprint density at radius 3 is 2.95 bits per heavy atom. The SMILES string of the molecule is CCCc1nc(COc2cc(F)cc(CO)c2)cs1. The van der Waals surface area contributed by atoms with Gasteiger partial charge in [0, 0.05) is 11.4 Å². The summed E-state index contributed by atoms with van der Waals surface area (Å²) in [5, 5.41) is 12.1. The van der Waals surface area contributed by atoms with Gasteiger partial charge in [-0.1, -0.05) is 6.92 Å². The molecule has 0 unspecified atom stereocenters. The fourth-order valence-electron chi connectivity index (χ4n) is 1.70. The number of nitrogens with zero attached hydrogens (tertiary/aromatic N) is 1. The van der Waals surface area contributed by atoms with Crippen LogP contribution in [0.5, 0.6) is 5.75 Å². The largest absolute Gasteiger partial charge is 0.487 e. The molecule has 1 aromatic heterocycles. The van der Waals surface area contributed by atoms with E-state index in [1.807, 2.05) is 5.38 Å². The summed E-state index contributed by atoms with van der Waals surface area (Å²) in [5.41, 5.74) is 1.35. The highest BCUT2D eigenvalue weighted by Gasteiger charge is 2.05. The highest BCUT2D eigenvalue weighted by atomic mass is 32.1. The Morgan fingerprint density at radius 1 is 1.37 bits per heavy atom. The highest BCUT2D eigenvalue weighted by Crippen LogP contribution is 2.19. The standard InChI is InChI=1S/C14H16FNO2S/c1-2-3-14-16-12(9-19-14)8-18-13-5-10(7-17)4-11(15)6-13/h4-6,9,17H,2-3,7-8H2,1H3. The van der Waals surface area contributed by atoms with Crippen LogP contribution in [-0.4, -0.2) is 10.1 Å². The summed E-state index contributed by atoms with van der Waals surface area (Å²) < 4.78 is 18.7. The average molecular weight is 281 g/mol. The molecule has 5 heteroatoms. The molecule has 0 aliphatic rings. The summed E-state index contributed by atoms with van der Waals surface area (Å²) in [6.45, 7) is 2.22. The molecule has 1 heterocycles. The van der Waals surface area contributed by atoms with E-state index in [9.17, 15) is 4.39 Å². The summed E-state index contributed by atoms with van der Waals surface area (Å²) in [6, 6.07) is 4.22. The van der Waals surface area contributed by atoms with Crippen molar-refractivity contribution in [1.82, 2.24) is 4.98 Å². The van der Waals surface area contributed by atoms with E-state index in [1.165, 1.54) is 12.1 Å². The first-order valence-corrected chi connectivity index (χ1v) is 7.05. The molecule has 0 amide bonds. The fraction of sp³-hybridized carbons (Fsp3) is 0.357. The van der Waals surface area contributed by atoms with Gasteiger partial charge in [-0.25, -0.2) is 9.37 Å². The predicted octanol–water partition coefficient (Wildman–Crippen LogP) is 3.31. The third kappa shape index (κ3) is 4.01. The van der Waals surface area contributed by atoms with Gasteiger partial charge < -0.3 is 9.84 Å². The summed E-state index contributed by atoms with van der Waals surface area (Å²) >= 11 is 1.61. The van der Waals surface area contributed by atoms with Gasteiger partial charge in [-0.15, -0.1) is 11.3 Å². The molecule has 0 saturated carbocycles. The summed E-state index contributed by atoms with van der Waals surface area (Å²) in [4.78, 5) is 4.43. The summed E-state index contributed by atoms with van der Waals surface area (Å²) in [5.74, 6) is 0.000548. The molecule has 1 aromatic carbocycles. The molecule has 0 spiro atoms. The van der Waals surface area contributed by atoms with Crippen LogP contribution < -0.4 is 4.74 Å². The highest BCUT2D eigenvalue weighted by molar-refractivity contribution is 7.09. The molecule has 0 bridgehead atoms. The van der Waals surface area contributed by atoms with E-state index >= 15 is 0 Å². The van der Waals surface area contributed by atoms with E-state index in [4.69, 9.17) is 9.84 Å². The van der Waals surface area contributed by atoms with Crippen molar-refractivity contribution in [2.75, 3.05) is 0 Å². The van der Waals surface area contributed by atoms with Gasteiger partial charge in [-0.3, -0.25) is 0 Å². The first kappa shape index (κ1) is 14.0. The number of benzene rings is 1. The lowest BCUT2D eigenvalue weighted by Crippen LogP contribution is -1.98. The number of ether oxygens (including phenoxy) is 1. The minimum absolute atomic E-state index is 0.203. The number of hydrogen-bond donors (Lipinski definition) is 1. The van der Waals surface area contributed by atoms with Gasteiger partial charge in [0.1, 0.15) is 18.2 Å². The van der Waals surface area contributed by atoms with E-state index in [-0.39, 0.29) is 6.61 Å². The molecular formula is C14H16FNO2S. The van der Waals surface area contributed by atoms with Crippen LogP contribution in [0.1, 0.15) is 29.6 Å². The Labute approximate surface area is 115 Å². The number of rotatable bonds is 6. The zero-order chi connectivity index (χ0) is 13.7. The van der Waals surface area contributed by atoms with Crippen molar-refractivity contribution >= 4 is 11.3 Å². The molecule has 0 radical (unpaired) electrons. The summed E-state index contributed by atoms with van der Waals surface area (Å²) in [7, 11) is 0. The molecule has 3 nitrogen and oxygen atoms in total. The summed E-state index contributed by atoms with van der Waals surface area (Å²) in [6.07, 6.45) is 2.04. The van der Waals surface area contributed by atoms with E-state index in [0.717, 1.165) is 23.5 Å². The van der Waals surface area contributed by atoms with Crippen molar-refractivity contribution in [2.24, 2.45) is 0 Å². The maximum Gasteiger partial charge on any atom is 0.131 e. The topological polar surface area (TPSA) is 42.4 Å². The lowest BCUT2D eigenvalue weighted by Gasteiger charge is -2.06. The zero-order valence-electron chi connectivity index (χ0n) is 10.7. The van der Waals surface area contributed by atoms with Crippen molar-refractivity contribution in [3.05, 3.63) is 45.7 Å². The van der Waals surface area contributed by atoms with Gasteiger partial charge in [-0.2, -0.15) is 0 Å². The second kappa shape index (κ2) is 6.63. The van der Waals surface area contributed by atoms with Crippen molar-refractivity contribution in [3.8, 4) is 5.75 Å². The molecule has 102 valence electrons. The number of aromatic nitrogens is 1. The number of hydrogen-bond acceptors (Lipinski definition) is 4. The first-order chi connectivity index (χ1) is 9.21. The van der Waals surface area contributed by atoms with Crippen LogP contribution in [0.3, 0.4) is 0 Å². The van der Waals surface area contributed by atoms with Crippen LogP contribution in [0.4, 0.5) is 4.39 Å². The Morgan fingerprint density at radius 2 is 2.21 bits per heavy atom.